The standard InChI is InChI=1S/C24H29N7O3/c1-17-11-22(28-24(27-17)30-8-7-25-15-30)31-10-9-29(2)14-19(31)13-23(32)26-6-5-18-3-4-20-21(12-18)34-16-33-20/h3-4,7-8,11-12,15,19H,5-6,9-10,13-14,16H2,1-2H3,(H,26,32). The number of ether oxygens (including phenoxy) is 2. The number of nitrogens with one attached hydrogen (secondary N) is 1. The number of fused-ring (bicyclic) bond motifs is 1. The minimum atomic E-state index is 0.0224. The van der Waals surface area contributed by atoms with E-state index in [9.17, 15) is 4.79 Å². The topological polar surface area (TPSA) is 97.6 Å². The summed E-state index contributed by atoms with van der Waals surface area (Å²) < 4.78 is 12.6. The molecular weight excluding hydrogens is 434 g/mol. The van der Waals surface area contributed by atoms with E-state index in [1.54, 1.807) is 17.1 Å². The highest BCUT2D eigenvalue weighted by Gasteiger charge is 2.29. The number of hydrogen-bond donors (Lipinski definition) is 1. The first-order valence-corrected chi connectivity index (χ1v) is 11.5. The van der Waals surface area contributed by atoms with Crippen molar-refractivity contribution in [3.8, 4) is 17.4 Å². The molecule has 178 valence electrons. The number of likely N-dealkylation sites (N-methyl/N-ethyl adjacent to an activating group) is 1. The van der Waals surface area contributed by atoms with Gasteiger partial charge in [-0.3, -0.25) is 9.36 Å². The molecule has 10 heteroatoms. The molecule has 1 atom stereocenters. The van der Waals surface area contributed by atoms with Crippen molar-refractivity contribution < 1.29 is 14.3 Å². The zero-order valence-electron chi connectivity index (χ0n) is 19.5. The van der Waals surface area contributed by atoms with Gasteiger partial charge in [0.2, 0.25) is 18.6 Å². The molecule has 2 aromatic heterocycles. The van der Waals surface area contributed by atoms with Crippen LogP contribution in [0.5, 0.6) is 11.5 Å². The molecule has 1 fully saturated rings. The van der Waals surface area contributed by atoms with Crippen molar-refractivity contribution in [3.63, 3.8) is 0 Å². The van der Waals surface area contributed by atoms with Crippen LogP contribution in [0.4, 0.5) is 5.82 Å². The average Bonchev–Trinajstić information content (AvgIpc) is 3.51. The molecule has 1 aromatic carbocycles. The average molecular weight is 464 g/mol. The second kappa shape index (κ2) is 9.68. The van der Waals surface area contributed by atoms with Crippen LogP contribution in [0.1, 0.15) is 17.7 Å². The number of piperazine rings is 1. The maximum Gasteiger partial charge on any atom is 0.237 e. The van der Waals surface area contributed by atoms with Crippen LogP contribution in [0, 0.1) is 6.92 Å². The first-order valence-electron chi connectivity index (χ1n) is 11.5. The molecule has 0 spiro atoms. The summed E-state index contributed by atoms with van der Waals surface area (Å²) in [5, 5.41) is 3.08. The summed E-state index contributed by atoms with van der Waals surface area (Å²) in [6.07, 6.45) is 6.35. The summed E-state index contributed by atoms with van der Waals surface area (Å²) in [5.41, 5.74) is 1.98. The Labute approximate surface area is 198 Å². The fraction of sp³-hybridized carbons (Fsp3) is 0.417. The van der Waals surface area contributed by atoms with Crippen LogP contribution < -0.4 is 19.7 Å². The molecule has 10 nitrogen and oxygen atoms in total. The highest BCUT2D eigenvalue weighted by Crippen LogP contribution is 2.32. The minimum absolute atomic E-state index is 0.0224. The molecule has 0 saturated carbocycles. The molecule has 2 aliphatic heterocycles. The van der Waals surface area contributed by atoms with Crippen molar-refractivity contribution in [2.45, 2.75) is 25.8 Å². The van der Waals surface area contributed by atoms with E-state index in [2.05, 4.69) is 32.1 Å². The number of carbonyl (C=O) groups is 1. The van der Waals surface area contributed by atoms with Gasteiger partial charge in [0.25, 0.3) is 0 Å². The fourth-order valence-electron chi connectivity index (χ4n) is 4.39. The first kappa shape index (κ1) is 22.1. The molecule has 1 N–H and O–H groups in total. The van der Waals surface area contributed by atoms with Crippen molar-refractivity contribution in [2.24, 2.45) is 0 Å². The van der Waals surface area contributed by atoms with Crippen molar-refractivity contribution in [1.29, 1.82) is 0 Å². The van der Waals surface area contributed by atoms with Gasteiger partial charge in [-0.2, -0.15) is 4.98 Å². The Morgan fingerprint density at radius 2 is 2.06 bits per heavy atom. The Balaban J connectivity index is 1.23. The number of amides is 1. The second-order valence-electron chi connectivity index (χ2n) is 8.74. The van der Waals surface area contributed by atoms with E-state index >= 15 is 0 Å². The molecular formula is C24H29N7O3. The summed E-state index contributed by atoms with van der Waals surface area (Å²) >= 11 is 0. The number of aromatic nitrogens is 4. The van der Waals surface area contributed by atoms with E-state index < -0.39 is 0 Å². The number of imidazole rings is 1. The van der Waals surface area contributed by atoms with Gasteiger partial charge >= 0.3 is 0 Å². The lowest BCUT2D eigenvalue weighted by Gasteiger charge is -2.40. The van der Waals surface area contributed by atoms with E-state index in [1.807, 2.05) is 37.4 Å². The van der Waals surface area contributed by atoms with E-state index in [4.69, 9.17) is 14.5 Å². The molecule has 3 aromatic rings. The molecule has 1 saturated heterocycles. The normalized spacial score (nSPS) is 17.7. The van der Waals surface area contributed by atoms with Gasteiger partial charge in [0.1, 0.15) is 12.1 Å². The van der Waals surface area contributed by atoms with Crippen LogP contribution in [-0.2, 0) is 11.2 Å². The third-order valence-electron chi connectivity index (χ3n) is 6.14. The van der Waals surface area contributed by atoms with Crippen LogP contribution in [0.3, 0.4) is 0 Å². The Morgan fingerprint density at radius 3 is 2.91 bits per heavy atom. The number of rotatable bonds is 7. The van der Waals surface area contributed by atoms with Gasteiger partial charge in [0.05, 0.1) is 6.04 Å². The molecule has 0 bridgehead atoms. The van der Waals surface area contributed by atoms with Crippen molar-refractivity contribution in [1.82, 2.24) is 29.7 Å². The van der Waals surface area contributed by atoms with Gasteiger partial charge < -0.3 is 24.6 Å². The minimum Gasteiger partial charge on any atom is -0.454 e. The molecule has 34 heavy (non-hydrogen) atoms. The van der Waals surface area contributed by atoms with Gasteiger partial charge in [-0.25, -0.2) is 9.97 Å². The molecule has 1 amide bonds. The SMILES string of the molecule is Cc1cc(N2CCN(C)CC2CC(=O)NCCc2ccc3c(c2)OCO3)nc(-n2ccnc2)n1. The van der Waals surface area contributed by atoms with Crippen LogP contribution >= 0.6 is 0 Å². The van der Waals surface area contributed by atoms with Gasteiger partial charge in [-0.1, -0.05) is 6.07 Å². The van der Waals surface area contributed by atoms with Crippen molar-refractivity contribution in [3.05, 3.63) is 54.2 Å². The number of anilines is 1. The Kier molecular flexibility index (Phi) is 6.31. The van der Waals surface area contributed by atoms with Crippen LogP contribution in [0.15, 0.2) is 43.0 Å². The van der Waals surface area contributed by atoms with E-state index in [0.717, 1.165) is 54.6 Å². The van der Waals surface area contributed by atoms with Crippen LogP contribution in [0.2, 0.25) is 0 Å². The predicted octanol–water partition coefficient (Wildman–Crippen LogP) is 1.57. The largest absolute Gasteiger partial charge is 0.454 e. The lowest BCUT2D eigenvalue weighted by molar-refractivity contribution is -0.121. The summed E-state index contributed by atoms with van der Waals surface area (Å²) in [4.78, 5) is 30.7. The van der Waals surface area contributed by atoms with Crippen LogP contribution in [0.25, 0.3) is 5.95 Å². The number of aryl methyl sites for hydroxylation is 1. The van der Waals surface area contributed by atoms with E-state index in [1.165, 1.54) is 0 Å². The van der Waals surface area contributed by atoms with E-state index in [-0.39, 0.29) is 18.7 Å². The summed E-state index contributed by atoms with van der Waals surface area (Å²) in [5.74, 6) is 2.98. The fourth-order valence-corrected chi connectivity index (χ4v) is 4.39. The molecule has 4 heterocycles. The number of carbonyl (C=O) groups excluding carboxylic acids is 1. The maximum atomic E-state index is 12.8. The molecule has 1 unspecified atom stereocenters. The van der Waals surface area contributed by atoms with Gasteiger partial charge in [0.15, 0.2) is 11.5 Å². The monoisotopic (exact) mass is 463 g/mol. The van der Waals surface area contributed by atoms with Crippen molar-refractivity contribution in [2.75, 3.05) is 44.9 Å². The molecule has 5 rings (SSSR count). The smallest absolute Gasteiger partial charge is 0.237 e. The summed E-state index contributed by atoms with van der Waals surface area (Å²) in [7, 11) is 2.09. The number of hydrogen-bond acceptors (Lipinski definition) is 8. The Bertz CT molecular complexity index is 1150. The van der Waals surface area contributed by atoms with Crippen LogP contribution in [-0.4, -0.2) is 76.4 Å². The Morgan fingerprint density at radius 1 is 1.18 bits per heavy atom. The van der Waals surface area contributed by atoms with Gasteiger partial charge in [-0.05, 0) is 38.1 Å². The third kappa shape index (κ3) is 4.96. The number of nitrogens with zero attached hydrogens (tertiary/aromatic N) is 6. The van der Waals surface area contributed by atoms with Crippen molar-refractivity contribution >= 4 is 11.7 Å². The second-order valence-corrected chi connectivity index (χ2v) is 8.74. The summed E-state index contributed by atoms with van der Waals surface area (Å²) in [6, 6.07) is 7.90. The highest BCUT2D eigenvalue weighted by atomic mass is 16.7. The van der Waals surface area contributed by atoms with E-state index in [0.29, 0.717) is 18.9 Å². The van der Waals surface area contributed by atoms with Gasteiger partial charge in [-0.15, -0.1) is 0 Å². The molecule has 2 aliphatic rings. The molecule has 0 aliphatic carbocycles. The maximum absolute atomic E-state index is 12.8. The summed E-state index contributed by atoms with van der Waals surface area (Å²) in [6.45, 7) is 5.28. The lowest BCUT2D eigenvalue weighted by atomic mass is 10.1. The zero-order chi connectivity index (χ0) is 23.5. The first-order chi connectivity index (χ1) is 16.5. The van der Waals surface area contributed by atoms with Gasteiger partial charge in [0, 0.05) is 56.8 Å². The zero-order valence-corrected chi connectivity index (χ0v) is 19.5. The highest BCUT2D eigenvalue weighted by molar-refractivity contribution is 5.77. The third-order valence-corrected chi connectivity index (χ3v) is 6.14. The lowest BCUT2D eigenvalue weighted by Crippen LogP contribution is -2.54. The predicted molar refractivity (Wildman–Crippen MR) is 126 cm³/mol. The quantitative estimate of drug-likeness (QED) is 0.564. The Hall–Kier alpha value is -3.66. The molecule has 0 radical (unpaired) electrons. The number of benzene rings is 1.